The molecule has 1 aromatic carbocycles. The monoisotopic (exact) mass is 361 g/mol. The molecule has 7 heteroatoms. The lowest BCUT2D eigenvalue weighted by molar-refractivity contribution is -0.148. The van der Waals surface area contributed by atoms with E-state index in [-0.39, 0.29) is 12.5 Å². The van der Waals surface area contributed by atoms with Crippen molar-refractivity contribution in [3.8, 4) is 17.2 Å². The average Bonchev–Trinajstić information content (AvgIpc) is 2.70. The minimum atomic E-state index is -0.566. The molecule has 0 unspecified atom stereocenters. The van der Waals surface area contributed by atoms with Gasteiger partial charge in [0.1, 0.15) is 13.2 Å². The van der Waals surface area contributed by atoms with Gasteiger partial charge in [0, 0.05) is 19.2 Å². The number of hydrogen-bond donors (Lipinski definition) is 0. The fraction of sp³-hybridized carbons (Fsp3) is 0.474. The van der Waals surface area contributed by atoms with Crippen LogP contribution in [0.4, 0.5) is 0 Å². The number of ether oxygens (including phenoxy) is 4. The molecule has 0 aliphatic carbocycles. The van der Waals surface area contributed by atoms with E-state index < -0.39 is 5.97 Å². The number of fused-ring (bicyclic) bond motifs is 1. The van der Waals surface area contributed by atoms with Gasteiger partial charge < -0.3 is 23.8 Å². The lowest BCUT2D eigenvalue weighted by atomic mass is 10.1. The van der Waals surface area contributed by atoms with E-state index in [9.17, 15) is 9.59 Å². The number of likely N-dealkylation sites (tertiary alicyclic amines) is 1. The molecule has 1 fully saturated rings. The summed E-state index contributed by atoms with van der Waals surface area (Å²) in [5, 5.41) is 0. The summed E-state index contributed by atoms with van der Waals surface area (Å²) in [4.78, 5) is 25.6. The molecule has 0 N–H and O–H groups in total. The van der Waals surface area contributed by atoms with Crippen LogP contribution in [0.1, 0.15) is 24.8 Å². The molecule has 7 nitrogen and oxygen atoms in total. The lowest BCUT2D eigenvalue weighted by Crippen LogP contribution is -2.38. The van der Waals surface area contributed by atoms with Gasteiger partial charge in [-0.15, -0.1) is 0 Å². The number of methoxy groups -OCH3 is 1. The van der Waals surface area contributed by atoms with Crippen molar-refractivity contribution >= 4 is 18.0 Å². The van der Waals surface area contributed by atoms with Gasteiger partial charge in [0.25, 0.3) is 5.91 Å². The molecule has 2 heterocycles. The lowest BCUT2D eigenvalue weighted by Gasteiger charge is -2.26. The maximum atomic E-state index is 12.0. The van der Waals surface area contributed by atoms with E-state index in [0.717, 1.165) is 32.4 Å². The van der Waals surface area contributed by atoms with Gasteiger partial charge in [0.05, 0.1) is 7.11 Å². The number of piperidine rings is 1. The minimum absolute atomic E-state index is 0.146. The number of benzene rings is 1. The van der Waals surface area contributed by atoms with Crippen LogP contribution >= 0.6 is 0 Å². The van der Waals surface area contributed by atoms with Gasteiger partial charge in [-0.1, -0.05) is 0 Å². The van der Waals surface area contributed by atoms with E-state index in [1.807, 2.05) is 0 Å². The molecule has 0 aromatic heterocycles. The van der Waals surface area contributed by atoms with Crippen LogP contribution in [0.25, 0.3) is 6.08 Å². The predicted molar refractivity (Wildman–Crippen MR) is 94.4 cm³/mol. The van der Waals surface area contributed by atoms with Crippen molar-refractivity contribution in [2.24, 2.45) is 0 Å². The van der Waals surface area contributed by atoms with Crippen LogP contribution in [-0.4, -0.2) is 56.8 Å². The van der Waals surface area contributed by atoms with Gasteiger partial charge in [0.15, 0.2) is 18.1 Å². The molecule has 0 atom stereocenters. The van der Waals surface area contributed by atoms with Gasteiger partial charge in [-0.25, -0.2) is 4.79 Å². The second-order valence-corrected chi connectivity index (χ2v) is 6.13. The number of carbonyl (C=O) groups excluding carboxylic acids is 2. The van der Waals surface area contributed by atoms with Crippen LogP contribution in [0, 0.1) is 0 Å². The van der Waals surface area contributed by atoms with Gasteiger partial charge in [-0.2, -0.15) is 0 Å². The predicted octanol–water partition coefficient (Wildman–Crippen LogP) is 2.04. The first-order chi connectivity index (χ1) is 12.7. The molecule has 26 heavy (non-hydrogen) atoms. The van der Waals surface area contributed by atoms with Crippen molar-refractivity contribution in [3.63, 3.8) is 0 Å². The number of hydrogen-bond acceptors (Lipinski definition) is 6. The Bertz CT molecular complexity index is 676. The van der Waals surface area contributed by atoms with Crippen molar-refractivity contribution in [3.05, 3.63) is 23.8 Å². The SMILES string of the molecule is COc1cc(/C=C/C(=O)OCC(=O)N2CCCCC2)cc2c1OCCO2. The maximum Gasteiger partial charge on any atom is 0.331 e. The van der Waals surface area contributed by atoms with E-state index in [0.29, 0.717) is 36.0 Å². The van der Waals surface area contributed by atoms with E-state index in [1.54, 1.807) is 30.2 Å². The highest BCUT2D eigenvalue weighted by atomic mass is 16.6. The summed E-state index contributed by atoms with van der Waals surface area (Å²) in [7, 11) is 1.54. The summed E-state index contributed by atoms with van der Waals surface area (Å²) in [6.07, 6.45) is 6.03. The molecule has 140 valence electrons. The Hall–Kier alpha value is -2.70. The van der Waals surface area contributed by atoms with Crippen molar-refractivity contribution in [2.45, 2.75) is 19.3 Å². The maximum absolute atomic E-state index is 12.0. The Labute approximate surface area is 152 Å². The highest BCUT2D eigenvalue weighted by Crippen LogP contribution is 2.40. The Morgan fingerprint density at radius 2 is 1.92 bits per heavy atom. The highest BCUT2D eigenvalue weighted by Gasteiger charge is 2.19. The third-order valence-corrected chi connectivity index (χ3v) is 4.31. The fourth-order valence-corrected chi connectivity index (χ4v) is 2.97. The molecule has 1 amide bonds. The summed E-state index contributed by atoms with van der Waals surface area (Å²) in [5.41, 5.74) is 0.713. The van der Waals surface area contributed by atoms with Crippen LogP contribution < -0.4 is 14.2 Å². The molecule has 2 aliphatic rings. The van der Waals surface area contributed by atoms with Crippen LogP contribution in [0.5, 0.6) is 17.2 Å². The first kappa shape index (κ1) is 18.1. The Balaban J connectivity index is 1.57. The number of amides is 1. The molecule has 1 aromatic rings. The number of esters is 1. The second-order valence-electron chi connectivity index (χ2n) is 6.13. The molecule has 2 aliphatic heterocycles. The minimum Gasteiger partial charge on any atom is -0.493 e. The molecular weight excluding hydrogens is 338 g/mol. The zero-order chi connectivity index (χ0) is 18.4. The Morgan fingerprint density at radius 3 is 2.69 bits per heavy atom. The van der Waals surface area contributed by atoms with Crippen LogP contribution in [0.3, 0.4) is 0 Å². The molecule has 0 saturated carbocycles. The third kappa shape index (κ3) is 4.47. The van der Waals surface area contributed by atoms with Gasteiger partial charge in [-0.3, -0.25) is 4.79 Å². The van der Waals surface area contributed by atoms with Gasteiger partial charge >= 0.3 is 5.97 Å². The van der Waals surface area contributed by atoms with Crippen molar-refractivity contribution in [2.75, 3.05) is 40.0 Å². The standard InChI is InChI=1S/C19H23NO6/c1-23-15-11-14(12-16-19(15)25-10-9-24-16)5-6-18(22)26-13-17(21)20-7-3-2-4-8-20/h5-6,11-12H,2-4,7-10,13H2,1H3/b6-5+. The quantitative estimate of drug-likeness (QED) is 0.590. The number of rotatable bonds is 5. The molecule has 3 rings (SSSR count). The smallest absolute Gasteiger partial charge is 0.331 e. The fourth-order valence-electron chi connectivity index (χ4n) is 2.97. The number of carbonyl (C=O) groups is 2. The zero-order valence-corrected chi connectivity index (χ0v) is 14.9. The van der Waals surface area contributed by atoms with Crippen LogP contribution in [-0.2, 0) is 14.3 Å². The zero-order valence-electron chi connectivity index (χ0n) is 14.9. The number of nitrogens with zero attached hydrogens (tertiary/aromatic N) is 1. The van der Waals surface area contributed by atoms with Crippen LogP contribution in [0.15, 0.2) is 18.2 Å². The summed E-state index contributed by atoms with van der Waals surface area (Å²) in [6.45, 7) is 2.18. The summed E-state index contributed by atoms with van der Waals surface area (Å²) < 4.78 is 21.4. The van der Waals surface area contributed by atoms with E-state index in [4.69, 9.17) is 18.9 Å². The Morgan fingerprint density at radius 1 is 1.15 bits per heavy atom. The summed E-state index contributed by atoms with van der Waals surface area (Å²) >= 11 is 0. The third-order valence-electron chi connectivity index (χ3n) is 4.31. The van der Waals surface area contributed by atoms with E-state index in [2.05, 4.69) is 0 Å². The van der Waals surface area contributed by atoms with E-state index >= 15 is 0 Å². The molecule has 0 spiro atoms. The highest BCUT2D eigenvalue weighted by molar-refractivity contribution is 5.89. The average molecular weight is 361 g/mol. The summed E-state index contributed by atoms with van der Waals surface area (Å²) in [5.74, 6) is 0.960. The molecule has 0 radical (unpaired) electrons. The van der Waals surface area contributed by atoms with Crippen molar-refractivity contribution in [1.82, 2.24) is 4.90 Å². The Kier molecular flexibility index (Phi) is 5.99. The van der Waals surface area contributed by atoms with Gasteiger partial charge in [0.2, 0.25) is 5.75 Å². The largest absolute Gasteiger partial charge is 0.493 e. The van der Waals surface area contributed by atoms with E-state index in [1.165, 1.54) is 6.08 Å². The first-order valence-electron chi connectivity index (χ1n) is 8.77. The molecule has 1 saturated heterocycles. The van der Waals surface area contributed by atoms with Crippen LogP contribution in [0.2, 0.25) is 0 Å². The second kappa shape index (κ2) is 8.60. The first-order valence-corrected chi connectivity index (χ1v) is 8.77. The van der Waals surface area contributed by atoms with Crippen molar-refractivity contribution < 1.29 is 28.5 Å². The topological polar surface area (TPSA) is 74.3 Å². The normalized spacial score (nSPS) is 16.4. The van der Waals surface area contributed by atoms with Gasteiger partial charge in [-0.05, 0) is 43.0 Å². The molecular formula is C19H23NO6. The summed E-state index contributed by atoms with van der Waals surface area (Å²) in [6, 6.07) is 3.51. The van der Waals surface area contributed by atoms with Crippen molar-refractivity contribution in [1.29, 1.82) is 0 Å². The molecule has 0 bridgehead atoms.